The van der Waals surface area contributed by atoms with E-state index in [1.807, 2.05) is 38.1 Å². The van der Waals surface area contributed by atoms with Gasteiger partial charge in [-0.15, -0.1) is 6.58 Å². The molecule has 0 saturated carbocycles. The van der Waals surface area contributed by atoms with Crippen molar-refractivity contribution >= 4 is 11.8 Å². The number of pyridine rings is 1. The average Bonchev–Trinajstić information content (AvgIpc) is 2.40. The van der Waals surface area contributed by atoms with Crippen LogP contribution in [-0.2, 0) is 0 Å². The van der Waals surface area contributed by atoms with E-state index in [9.17, 15) is 0 Å². The second kappa shape index (κ2) is 6.59. The second-order valence-corrected chi connectivity index (χ2v) is 3.28. The quantitative estimate of drug-likeness (QED) is 0.706. The van der Waals surface area contributed by atoms with Gasteiger partial charge in [0.05, 0.1) is 18.0 Å². The van der Waals surface area contributed by atoms with Gasteiger partial charge in [0, 0.05) is 11.8 Å². The molecule has 1 aliphatic rings. The summed E-state index contributed by atoms with van der Waals surface area (Å²) in [6.07, 6.45) is 7.51. The van der Waals surface area contributed by atoms with Crippen LogP contribution in [0.4, 0.5) is 0 Å². The third kappa shape index (κ3) is 3.00. The van der Waals surface area contributed by atoms with Gasteiger partial charge in [-0.3, -0.25) is 9.98 Å². The van der Waals surface area contributed by atoms with E-state index in [4.69, 9.17) is 0 Å². The van der Waals surface area contributed by atoms with Crippen LogP contribution in [-0.4, -0.2) is 17.2 Å². The molecule has 0 N–H and O–H groups in total. The van der Waals surface area contributed by atoms with Crippen molar-refractivity contribution in [2.75, 3.05) is 6.54 Å². The van der Waals surface area contributed by atoms with Crippen LogP contribution in [0.5, 0.6) is 0 Å². The number of allylic oxidation sites excluding steroid dienone is 2. The summed E-state index contributed by atoms with van der Waals surface area (Å²) in [5, 5.41) is 0. The SMILES string of the molecule is C=CCN=C1C(=C)C=Cc2cccnc21.CC. The fraction of sp³-hybridized carbons (Fsp3) is 0.200. The van der Waals surface area contributed by atoms with Crippen LogP contribution in [0.3, 0.4) is 0 Å². The first kappa shape index (κ1) is 13.1. The summed E-state index contributed by atoms with van der Waals surface area (Å²) in [5.74, 6) is 0. The van der Waals surface area contributed by atoms with Crippen LogP contribution in [0, 0.1) is 0 Å². The van der Waals surface area contributed by atoms with Crippen molar-refractivity contribution in [1.82, 2.24) is 4.98 Å². The molecule has 2 rings (SSSR count). The Morgan fingerprint density at radius 3 is 2.82 bits per heavy atom. The van der Waals surface area contributed by atoms with Gasteiger partial charge in [0.1, 0.15) is 0 Å². The Kier molecular flexibility index (Phi) is 5.08. The maximum atomic E-state index is 4.41. The molecule has 0 bridgehead atoms. The van der Waals surface area contributed by atoms with Crippen molar-refractivity contribution in [3.05, 3.63) is 60.5 Å². The van der Waals surface area contributed by atoms with E-state index in [0.717, 1.165) is 22.5 Å². The molecule has 2 nitrogen and oxygen atoms in total. The molecule has 1 aromatic rings. The van der Waals surface area contributed by atoms with E-state index in [1.165, 1.54) is 0 Å². The minimum atomic E-state index is 0.595. The topological polar surface area (TPSA) is 25.2 Å². The Balaban J connectivity index is 0.000000686. The van der Waals surface area contributed by atoms with Gasteiger partial charge in [0.25, 0.3) is 0 Å². The molecule has 0 aliphatic heterocycles. The highest BCUT2D eigenvalue weighted by Gasteiger charge is 2.14. The molecule has 0 spiro atoms. The van der Waals surface area contributed by atoms with E-state index in [0.29, 0.717) is 6.54 Å². The number of hydrogen-bond acceptors (Lipinski definition) is 2. The molecule has 0 unspecified atom stereocenters. The van der Waals surface area contributed by atoms with Gasteiger partial charge in [-0.1, -0.05) is 44.7 Å². The zero-order valence-corrected chi connectivity index (χ0v) is 10.5. The molecule has 2 heteroatoms. The number of fused-ring (bicyclic) bond motifs is 1. The molecule has 0 aromatic carbocycles. The fourth-order valence-corrected chi connectivity index (χ4v) is 1.50. The minimum Gasteiger partial charge on any atom is -0.278 e. The molecule has 1 aliphatic carbocycles. The van der Waals surface area contributed by atoms with E-state index in [-0.39, 0.29) is 0 Å². The van der Waals surface area contributed by atoms with Gasteiger partial charge in [0.2, 0.25) is 0 Å². The number of rotatable bonds is 2. The number of hydrogen-bond donors (Lipinski definition) is 0. The molecule has 1 aromatic heterocycles. The standard InChI is InChI=1S/C13H12N2.C2H6/c1-3-8-14-12-10(2)6-7-11-5-4-9-15-13(11)12;1-2/h3-7,9H,1-2,8H2;1-2H3. The lowest BCUT2D eigenvalue weighted by molar-refractivity contribution is 1.20. The Morgan fingerprint density at radius 2 is 2.12 bits per heavy atom. The van der Waals surface area contributed by atoms with Crippen LogP contribution in [0.15, 0.2) is 54.2 Å². The molecule has 0 amide bonds. The normalized spacial score (nSPS) is 14.9. The van der Waals surface area contributed by atoms with Crippen molar-refractivity contribution in [3.63, 3.8) is 0 Å². The number of aromatic nitrogens is 1. The van der Waals surface area contributed by atoms with Crippen molar-refractivity contribution in [2.45, 2.75) is 13.8 Å². The zero-order chi connectivity index (χ0) is 12.7. The Bertz CT molecular complexity index is 468. The number of nitrogens with zero attached hydrogens (tertiary/aromatic N) is 2. The van der Waals surface area contributed by atoms with Gasteiger partial charge < -0.3 is 0 Å². The smallest absolute Gasteiger partial charge is 0.0959 e. The summed E-state index contributed by atoms with van der Waals surface area (Å²) in [6.45, 7) is 12.2. The summed E-state index contributed by atoms with van der Waals surface area (Å²) < 4.78 is 0. The molecule has 1 heterocycles. The first-order valence-electron chi connectivity index (χ1n) is 5.81. The van der Waals surface area contributed by atoms with Crippen LogP contribution in [0.1, 0.15) is 25.1 Å². The molecule has 88 valence electrons. The molecule has 17 heavy (non-hydrogen) atoms. The van der Waals surface area contributed by atoms with Crippen LogP contribution in [0.2, 0.25) is 0 Å². The highest BCUT2D eigenvalue weighted by atomic mass is 14.8. The lowest BCUT2D eigenvalue weighted by atomic mass is 9.97. The summed E-state index contributed by atoms with van der Waals surface area (Å²) >= 11 is 0. The largest absolute Gasteiger partial charge is 0.278 e. The number of aliphatic imine (C=N–C) groups is 1. The van der Waals surface area contributed by atoms with E-state index < -0.39 is 0 Å². The summed E-state index contributed by atoms with van der Waals surface area (Å²) in [4.78, 5) is 8.74. The van der Waals surface area contributed by atoms with Crippen molar-refractivity contribution < 1.29 is 0 Å². The van der Waals surface area contributed by atoms with Crippen LogP contribution in [0.25, 0.3) is 6.08 Å². The van der Waals surface area contributed by atoms with E-state index in [2.05, 4.69) is 23.1 Å². The minimum absolute atomic E-state index is 0.595. The van der Waals surface area contributed by atoms with Crippen LogP contribution >= 0.6 is 0 Å². The maximum Gasteiger partial charge on any atom is 0.0959 e. The highest BCUT2D eigenvalue weighted by molar-refractivity contribution is 6.17. The molecule has 0 radical (unpaired) electrons. The highest BCUT2D eigenvalue weighted by Crippen LogP contribution is 2.20. The zero-order valence-electron chi connectivity index (χ0n) is 10.5. The van der Waals surface area contributed by atoms with Gasteiger partial charge in [-0.25, -0.2) is 0 Å². The first-order chi connectivity index (χ1) is 8.33. The molecular formula is C15H18N2. The van der Waals surface area contributed by atoms with Crippen molar-refractivity contribution in [3.8, 4) is 0 Å². The third-order valence-electron chi connectivity index (χ3n) is 2.21. The predicted octanol–water partition coefficient (Wildman–Crippen LogP) is 3.67. The molecular weight excluding hydrogens is 208 g/mol. The summed E-state index contributed by atoms with van der Waals surface area (Å²) in [6, 6.07) is 3.94. The maximum absolute atomic E-state index is 4.41. The van der Waals surface area contributed by atoms with Gasteiger partial charge in [-0.05, 0) is 11.6 Å². The lowest BCUT2D eigenvalue weighted by Crippen LogP contribution is -2.11. The lowest BCUT2D eigenvalue weighted by Gasteiger charge is -2.13. The first-order valence-corrected chi connectivity index (χ1v) is 5.81. The molecule has 0 saturated heterocycles. The van der Waals surface area contributed by atoms with Crippen LogP contribution < -0.4 is 0 Å². The molecule has 0 fully saturated rings. The summed E-state index contributed by atoms with van der Waals surface area (Å²) in [5.41, 5.74) is 3.77. The van der Waals surface area contributed by atoms with Gasteiger partial charge in [-0.2, -0.15) is 0 Å². The predicted molar refractivity (Wildman–Crippen MR) is 75.4 cm³/mol. The molecule has 0 atom stereocenters. The van der Waals surface area contributed by atoms with Gasteiger partial charge >= 0.3 is 0 Å². The van der Waals surface area contributed by atoms with Gasteiger partial charge in [0.15, 0.2) is 0 Å². The van der Waals surface area contributed by atoms with Crippen molar-refractivity contribution in [2.24, 2.45) is 4.99 Å². The Hall–Kier alpha value is -1.96. The van der Waals surface area contributed by atoms with E-state index in [1.54, 1.807) is 12.3 Å². The van der Waals surface area contributed by atoms with Crippen molar-refractivity contribution in [1.29, 1.82) is 0 Å². The summed E-state index contributed by atoms with van der Waals surface area (Å²) in [7, 11) is 0. The second-order valence-electron chi connectivity index (χ2n) is 3.28. The van der Waals surface area contributed by atoms with E-state index >= 15 is 0 Å². The Morgan fingerprint density at radius 1 is 1.35 bits per heavy atom. The monoisotopic (exact) mass is 226 g/mol. The average molecular weight is 226 g/mol. The Labute approximate surface area is 103 Å². The third-order valence-corrected chi connectivity index (χ3v) is 2.21. The fourth-order valence-electron chi connectivity index (χ4n) is 1.50.